The number of amides is 2. The van der Waals surface area contributed by atoms with Gasteiger partial charge in [0.2, 0.25) is 11.9 Å². The minimum Gasteiger partial charge on any atom is -0.494 e. The van der Waals surface area contributed by atoms with E-state index in [2.05, 4.69) is 44.3 Å². The van der Waals surface area contributed by atoms with E-state index in [1.165, 1.54) is 17.2 Å². The number of halogens is 1. The molecular weight excluding hydrogens is 518 g/mol. The number of likely N-dealkylation sites (N-methyl/N-ethyl adjacent to an activating group) is 1. The molecule has 0 aliphatic rings. The molecule has 39 heavy (non-hydrogen) atoms. The number of nitrogens with zero attached hydrogens (tertiary/aromatic N) is 4. The topological polar surface area (TPSA) is 112 Å². The lowest BCUT2D eigenvalue weighted by Crippen LogP contribution is -2.25. The molecule has 10 nitrogen and oxygen atoms in total. The molecule has 1 aromatic heterocycles. The van der Waals surface area contributed by atoms with Gasteiger partial charge in [-0.05, 0) is 30.3 Å². The van der Waals surface area contributed by atoms with Gasteiger partial charge in [-0.2, -0.15) is 4.98 Å². The van der Waals surface area contributed by atoms with E-state index >= 15 is 0 Å². The normalized spacial score (nSPS) is 9.97. The van der Waals surface area contributed by atoms with Crippen molar-refractivity contribution in [3.8, 4) is 17.6 Å². The molecule has 3 aromatic rings. The van der Waals surface area contributed by atoms with Crippen LogP contribution >= 0.6 is 11.6 Å². The number of anilines is 5. The summed E-state index contributed by atoms with van der Waals surface area (Å²) in [7, 11) is 6.72. The minimum atomic E-state index is -0.238. The zero-order valence-corrected chi connectivity index (χ0v) is 23.0. The second-order valence-electron chi connectivity index (χ2n) is 8.26. The van der Waals surface area contributed by atoms with Crippen molar-refractivity contribution in [1.29, 1.82) is 0 Å². The van der Waals surface area contributed by atoms with Gasteiger partial charge in [-0.25, -0.2) is 4.98 Å². The van der Waals surface area contributed by atoms with Crippen LogP contribution in [0.5, 0.6) is 5.75 Å². The van der Waals surface area contributed by atoms with Crippen molar-refractivity contribution in [2.45, 2.75) is 0 Å². The molecule has 0 aliphatic carbocycles. The smallest absolute Gasteiger partial charge is 0.253 e. The molecule has 2 amide bonds. The monoisotopic (exact) mass is 547 g/mol. The average molecular weight is 548 g/mol. The van der Waals surface area contributed by atoms with Gasteiger partial charge in [0.25, 0.3) is 5.91 Å². The Bertz CT molecular complexity index is 1420. The van der Waals surface area contributed by atoms with Crippen molar-refractivity contribution >= 4 is 52.2 Å². The predicted octanol–water partition coefficient (Wildman–Crippen LogP) is 4.07. The first-order chi connectivity index (χ1) is 18.8. The summed E-state index contributed by atoms with van der Waals surface area (Å²) in [5, 5.41) is 9.18. The van der Waals surface area contributed by atoms with E-state index in [4.69, 9.17) is 16.3 Å². The number of ether oxygens (including phenoxy) is 1. The van der Waals surface area contributed by atoms with E-state index in [1.54, 1.807) is 45.5 Å². The van der Waals surface area contributed by atoms with Crippen LogP contribution in [0.15, 0.2) is 61.3 Å². The first-order valence-electron chi connectivity index (χ1n) is 11.9. The van der Waals surface area contributed by atoms with Gasteiger partial charge in [-0.15, -0.1) is 0 Å². The third-order valence-electron chi connectivity index (χ3n) is 5.58. The highest BCUT2D eigenvalue weighted by atomic mass is 35.5. The maximum absolute atomic E-state index is 12.2. The molecule has 0 saturated carbocycles. The van der Waals surface area contributed by atoms with Gasteiger partial charge < -0.3 is 30.5 Å². The molecule has 0 bridgehead atoms. The fraction of sp³-hybridized carbons (Fsp3) is 0.214. The second-order valence-corrected chi connectivity index (χ2v) is 8.66. The van der Waals surface area contributed by atoms with Crippen molar-refractivity contribution in [2.75, 3.05) is 56.9 Å². The number of carbonyl (C=O) groups excluding carboxylic acids is 2. The number of hydrogen-bond acceptors (Lipinski definition) is 8. The van der Waals surface area contributed by atoms with Gasteiger partial charge in [0.05, 0.1) is 43.3 Å². The van der Waals surface area contributed by atoms with Crippen LogP contribution in [0.1, 0.15) is 10.4 Å². The van der Waals surface area contributed by atoms with Crippen LogP contribution in [0.3, 0.4) is 0 Å². The zero-order valence-electron chi connectivity index (χ0n) is 22.2. The molecule has 11 heteroatoms. The van der Waals surface area contributed by atoms with Crippen LogP contribution < -0.4 is 25.6 Å². The molecule has 0 spiro atoms. The average Bonchev–Trinajstić information content (AvgIpc) is 2.96. The maximum atomic E-state index is 12.2. The van der Waals surface area contributed by atoms with Crippen molar-refractivity contribution in [1.82, 2.24) is 20.2 Å². The van der Waals surface area contributed by atoms with E-state index in [-0.39, 0.29) is 22.8 Å². The molecule has 0 radical (unpaired) electrons. The first-order valence-corrected chi connectivity index (χ1v) is 12.2. The number of aromatic nitrogens is 2. The van der Waals surface area contributed by atoms with Gasteiger partial charge in [-0.3, -0.25) is 9.59 Å². The van der Waals surface area contributed by atoms with Gasteiger partial charge in [-0.1, -0.05) is 42.2 Å². The number of nitrogens with one attached hydrogen (secondary N) is 3. The lowest BCUT2D eigenvalue weighted by atomic mass is 10.1. The Morgan fingerprint density at radius 1 is 1.10 bits per heavy atom. The minimum absolute atomic E-state index is 0.174. The Kier molecular flexibility index (Phi) is 10.1. The molecule has 0 unspecified atom stereocenters. The Morgan fingerprint density at radius 3 is 2.56 bits per heavy atom. The Hall–Kier alpha value is -4.75. The fourth-order valence-electron chi connectivity index (χ4n) is 3.38. The lowest BCUT2D eigenvalue weighted by molar-refractivity contribution is -0.124. The third kappa shape index (κ3) is 7.63. The number of para-hydroxylation sites is 1. The largest absolute Gasteiger partial charge is 0.494 e. The van der Waals surface area contributed by atoms with E-state index in [0.29, 0.717) is 41.6 Å². The van der Waals surface area contributed by atoms with Gasteiger partial charge in [0.1, 0.15) is 10.8 Å². The SMILES string of the molecule is C=CC(=O)N(C)CC#CCN(C)c1ccc(Nc2ncc(Cl)c(Nc3ccccc3C(=O)NC)n2)c(OC)c1. The van der Waals surface area contributed by atoms with Crippen LogP contribution in [-0.4, -0.2) is 68.0 Å². The summed E-state index contributed by atoms with van der Waals surface area (Å²) >= 11 is 6.34. The highest BCUT2D eigenvalue weighted by Gasteiger charge is 2.14. The van der Waals surface area contributed by atoms with Crippen molar-refractivity contribution < 1.29 is 14.3 Å². The number of rotatable bonds is 10. The Balaban J connectivity index is 1.74. The highest BCUT2D eigenvalue weighted by Crippen LogP contribution is 2.32. The highest BCUT2D eigenvalue weighted by molar-refractivity contribution is 6.33. The molecule has 0 aliphatic heterocycles. The van der Waals surface area contributed by atoms with E-state index in [0.717, 1.165) is 5.69 Å². The molecule has 0 atom stereocenters. The molecule has 3 rings (SSSR count). The summed E-state index contributed by atoms with van der Waals surface area (Å²) in [5.74, 6) is 6.81. The van der Waals surface area contributed by atoms with Crippen LogP contribution in [-0.2, 0) is 4.79 Å². The summed E-state index contributed by atoms with van der Waals surface area (Å²) in [6.07, 6.45) is 2.73. The summed E-state index contributed by atoms with van der Waals surface area (Å²) in [6, 6.07) is 12.7. The molecule has 0 fully saturated rings. The number of carbonyl (C=O) groups is 2. The second kappa shape index (κ2) is 13.7. The van der Waals surface area contributed by atoms with Crippen LogP contribution in [0, 0.1) is 11.8 Å². The Labute approximate surface area is 233 Å². The van der Waals surface area contributed by atoms with Crippen molar-refractivity contribution in [2.24, 2.45) is 0 Å². The molecule has 202 valence electrons. The van der Waals surface area contributed by atoms with Gasteiger partial charge >= 0.3 is 0 Å². The molecule has 2 aromatic carbocycles. The van der Waals surface area contributed by atoms with Crippen molar-refractivity contribution in [3.05, 3.63) is 71.9 Å². The first kappa shape index (κ1) is 28.8. The maximum Gasteiger partial charge on any atom is 0.253 e. The summed E-state index contributed by atoms with van der Waals surface area (Å²) in [6.45, 7) is 4.25. The molecule has 0 saturated heterocycles. The fourth-order valence-corrected chi connectivity index (χ4v) is 3.52. The van der Waals surface area contributed by atoms with E-state index < -0.39 is 0 Å². The van der Waals surface area contributed by atoms with Crippen molar-refractivity contribution in [3.63, 3.8) is 0 Å². The summed E-state index contributed by atoms with van der Waals surface area (Å²) in [4.78, 5) is 36.0. The lowest BCUT2D eigenvalue weighted by Gasteiger charge is -2.19. The van der Waals surface area contributed by atoms with E-state index in [9.17, 15) is 9.59 Å². The standard InChI is InChI=1S/C28H30ClN7O3/c1-6-25(37)36(4)16-10-9-15-35(3)19-13-14-23(24(17-19)39-5)33-28-31-18-21(29)26(34-28)32-22-12-8-7-11-20(22)27(38)30-2/h6-8,11-14,17-18H,1,15-16H2,2-5H3,(H,30,38)(H2,31,32,33,34). The van der Waals surface area contributed by atoms with E-state index in [1.807, 2.05) is 30.1 Å². The van der Waals surface area contributed by atoms with Gasteiger partial charge in [0, 0.05) is 32.9 Å². The predicted molar refractivity (Wildman–Crippen MR) is 155 cm³/mol. The molecule has 3 N–H and O–H groups in total. The number of benzene rings is 2. The molecule has 1 heterocycles. The van der Waals surface area contributed by atoms with Crippen LogP contribution in [0.2, 0.25) is 5.02 Å². The van der Waals surface area contributed by atoms with Gasteiger partial charge in [0.15, 0.2) is 5.82 Å². The quantitative estimate of drug-likeness (QED) is 0.257. The zero-order chi connectivity index (χ0) is 28.4. The summed E-state index contributed by atoms with van der Waals surface area (Å²) < 4.78 is 5.59. The number of hydrogen-bond donors (Lipinski definition) is 3. The van der Waals surface area contributed by atoms with Crippen LogP contribution in [0.25, 0.3) is 0 Å². The molecular formula is C28H30ClN7O3. The Morgan fingerprint density at radius 2 is 1.85 bits per heavy atom. The summed E-state index contributed by atoms with van der Waals surface area (Å²) in [5.41, 5.74) is 2.53. The number of methoxy groups -OCH3 is 1. The van der Waals surface area contributed by atoms with Crippen LogP contribution in [0.4, 0.5) is 28.8 Å². The third-order valence-corrected chi connectivity index (χ3v) is 5.85.